The minimum atomic E-state index is -0.803. The molecule has 0 aliphatic rings. The van der Waals surface area contributed by atoms with E-state index < -0.39 is 12.0 Å². The first kappa shape index (κ1) is 18.0. The Kier molecular flexibility index (Phi) is 5.99. The van der Waals surface area contributed by atoms with Gasteiger partial charge in [0, 0.05) is 17.0 Å². The molecule has 0 aliphatic heterocycles. The number of nitrogens with one attached hydrogen (secondary N) is 1. The van der Waals surface area contributed by atoms with Gasteiger partial charge >= 0.3 is 5.97 Å². The van der Waals surface area contributed by atoms with Gasteiger partial charge in [-0.15, -0.1) is 0 Å². The minimum absolute atomic E-state index is 0.267. The Bertz CT molecular complexity index is 738. The first-order valence-electron chi connectivity index (χ1n) is 7.61. The third-order valence-electron chi connectivity index (χ3n) is 3.66. The van der Waals surface area contributed by atoms with Crippen molar-refractivity contribution in [2.45, 2.75) is 26.3 Å². The lowest BCUT2D eigenvalue weighted by Crippen LogP contribution is -2.43. The van der Waals surface area contributed by atoms with Gasteiger partial charge in [-0.05, 0) is 37.6 Å². The first-order valence-corrected chi connectivity index (χ1v) is 7.99. The van der Waals surface area contributed by atoms with Crippen LogP contribution in [0.4, 0.5) is 0 Å². The molecule has 0 radical (unpaired) electrons. The van der Waals surface area contributed by atoms with Crippen LogP contribution in [0.5, 0.6) is 0 Å². The molecule has 1 amide bonds. The average molecular weight is 346 g/mol. The zero-order chi connectivity index (χ0) is 17.7. The lowest BCUT2D eigenvalue weighted by Gasteiger charge is -2.17. The maximum absolute atomic E-state index is 12.5. The molecule has 1 N–H and O–H groups in total. The van der Waals surface area contributed by atoms with Gasteiger partial charge in [0.05, 0.1) is 7.11 Å². The fourth-order valence-corrected chi connectivity index (χ4v) is 2.78. The van der Waals surface area contributed by atoms with E-state index in [9.17, 15) is 9.59 Å². The summed E-state index contributed by atoms with van der Waals surface area (Å²) in [7, 11) is 1.30. The van der Waals surface area contributed by atoms with E-state index in [1.807, 2.05) is 38.1 Å². The largest absolute Gasteiger partial charge is 0.467 e. The number of benzene rings is 2. The number of esters is 1. The quantitative estimate of drug-likeness (QED) is 0.844. The standard InChI is InChI=1S/C19H20ClNO3/c1-12-8-13(2)10-15(9-12)18(22)21-17(19(23)24-3)11-14-6-4-5-7-16(14)20/h4-10,17H,11H2,1-3H3,(H,21,22)/t17-/m0/s1. The molecule has 0 aliphatic carbocycles. The molecule has 4 nitrogen and oxygen atoms in total. The van der Waals surface area contributed by atoms with Gasteiger partial charge < -0.3 is 10.1 Å². The molecule has 24 heavy (non-hydrogen) atoms. The number of ether oxygens (including phenoxy) is 1. The Hall–Kier alpha value is -2.33. The van der Waals surface area contributed by atoms with Crippen molar-refractivity contribution in [3.8, 4) is 0 Å². The van der Waals surface area contributed by atoms with Crippen LogP contribution in [0.15, 0.2) is 42.5 Å². The van der Waals surface area contributed by atoms with E-state index >= 15 is 0 Å². The summed E-state index contributed by atoms with van der Waals surface area (Å²) in [6.07, 6.45) is 0.267. The Balaban J connectivity index is 2.21. The third-order valence-corrected chi connectivity index (χ3v) is 4.03. The highest BCUT2D eigenvalue weighted by Crippen LogP contribution is 2.17. The van der Waals surface area contributed by atoms with Crippen molar-refractivity contribution in [3.63, 3.8) is 0 Å². The Labute approximate surface area is 146 Å². The number of methoxy groups -OCH3 is 1. The molecule has 0 spiro atoms. The number of rotatable bonds is 5. The van der Waals surface area contributed by atoms with E-state index in [-0.39, 0.29) is 12.3 Å². The van der Waals surface area contributed by atoms with Crippen LogP contribution < -0.4 is 5.32 Å². The zero-order valence-electron chi connectivity index (χ0n) is 13.9. The molecular weight excluding hydrogens is 326 g/mol. The molecule has 1 atom stereocenters. The minimum Gasteiger partial charge on any atom is -0.467 e. The van der Waals surface area contributed by atoms with E-state index in [2.05, 4.69) is 5.32 Å². The van der Waals surface area contributed by atoms with Crippen molar-refractivity contribution >= 4 is 23.5 Å². The van der Waals surface area contributed by atoms with Gasteiger partial charge in [0.2, 0.25) is 0 Å². The molecule has 0 aromatic heterocycles. The number of amides is 1. The van der Waals surface area contributed by atoms with Crippen LogP contribution in [0.1, 0.15) is 27.0 Å². The van der Waals surface area contributed by atoms with Gasteiger partial charge in [-0.25, -0.2) is 4.79 Å². The monoisotopic (exact) mass is 345 g/mol. The molecule has 126 valence electrons. The summed E-state index contributed by atoms with van der Waals surface area (Å²) in [6, 6.07) is 12.0. The van der Waals surface area contributed by atoms with Gasteiger partial charge in [0.15, 0.2) is 0 Å². The van der Waals surface area contributed by atoms with E-state index in [0.29, 0.717) is 10.6 Å². The highest BCUT2D eigenvalue weighted by molar-refractivity contribution is 6.31. The summed E-state index contributed by atoms with van der Waals surface area (Å²) in [6.45, 7) is 3.84. The smallest absolute Gasteiger partial charge is 0.328 e. The molecule has 0 unspecified atom stereocenters. The maximum Gasteiger partial charge on any atom is 0.328 e. The summed E-state index contributed by atoms with van der Waals surface area (Å²) < 4.78 is 4.81. The van der Waals surface area contributed by atoms with Gasteiger partial charge in [-0.1, -0.05) is 47.0 Å². The molecule has 2 rings (SSSR count). The normalized spacial score (nSPS) is 11.7. The third kappa shape index (κ3) is 4.59. The zero-order valence-corrected chi connectivity index (χ0v) is 14.7. The predicted octanol–water partition coefficient (Wildman–Crippen LogP) is 3.47. The molecule has 0 bridgehead atoms. The fraction of sp³-hybridized carbons (Fsp3) is 0.263. The van der Waals surface area contributed by atoms with E-state index in [0.717, 1.165) is 16.7 Å². The van der Waals surface area contributed by atoms with Crippen LogP contribution in [0, 0.1) is 13.8 Å². The molecule has 0 saturated heterocycles. The van der Waals surface area contributed by atoms with Gasteiger partial charge in [0.25, 0.3) is 5.91 Å². The van der Waals surface area contributed by atoms with Crippen LogP contribution in [0.25, 0.3) is 0 Å². The first-order chi connectivity index (χ1) is 11.4. The fourth-order valence-electron chi connectivity index (χ4n) is 2.57. The Morgan fingerprint density at radius 3 is 2.33 bits per heavy atom. The summed E-state index contributed by atoms with van der Waals surface area (Å²) in [5, 5.41) is 3.29. The lowest BCUT2D eigenvalue weighted by atomic mass is 10.0. The van der Waals surface area contributed by atoms with E-state index in [1.165, 1.54) is 7.11 Å². The maximum atomic E-state index is 12.5. The van der Waals surface area contributed by atoms with Crippen LogP contribution in [0.2, 0.25) is 5.02 Å². The van der Waals surface area contributed by atoms with Crippen LogP contribution in [-0.4, -0.2) is 25.0 Å². The number of halogens is 1. The summed E-state index contributed by atoms with van der Waals surface area (Å²) in [5.74, 6) is -0.822. The second-order valence-corrected chi connectivity index (χ2v) is 6.13. The van der Waals surface area contributed by atoms with Gasteiger partial charge in [-0.3, -0.25) is 4.79 Å². The second kappa shape index (κ2) is 7.97. The molecular formula is C19H20ClNO3. The molecule has 2 aromatic rings. The van der Waals surface area contributed by atoms with Gasteiger partial charge in [0.1, 0.15) is 6.04 Å². The average Bonchev–Trinajstić information content (AvgIpc) is 2.54. The highest BCUT2D eigenvalue weighted by Gasteiger charge is 2.23. The van der Waals surface area contributed by atoms with Crippen LogP contribution in [0.3, 0.4) is 0 Å². The number of aryl methyl sites for hydroxylation is 2. The van der Waals surface area contributed by atoms with Crippen molar-refractivity contribution in [2.24, 2.45) is 0 Å². The summed E-state index contributed by atoms with van der Waals surface area (Å²) >= 11 is 6.15. The number of carbonyl (C=O) groups excluding carboxylic acids is 2. The van der Waals surface area contributed by atoms with Crippen molar-refractivity contribution in [3.05, 3.63) is 69.7 Å². The molecule has 0 heterocycles. The number of carbonyl (C=O) groups is 2. The van der Waals surface area contributed by atoms with Crippen molar-refractivity contribution in [2.75, 3.05) is 7.11 Å². The molecule has 2 aromatic carbocycles. The summed E-state index contributed by atoms with van der Waals surface area (Å²) in [5.41, 5.74) is 3.26. The Morgan fingerprint density at radius 1 is 1.12 bits per heavy atom. The highest BCUT2D eigenvalue weighted by atomic mass is 35.5. The van der Waals surface area contributed by atoms with Crippen LogP contribution >= 0.6 is 11.6 Å². The van der Waals surface area contributed by atoms with E-state index in [4.69, 9.17) is 16.3 Å². The van der Waals surface area contributed by atoms with Crippen molar-refractivity contribution < 1.29 is 14.3 Å². The molecule has 0 saturated carbocycles. The number of hydrogen-bond acceptors (Lipinski definition) is 3. The molecule has 5 heteroatoms. The summed E-state index contributed by atoms with van der Waals surface area (Å²) in [4.78, 5) is 24.6. The second-order valence-electron chi connectivity index (χ2n) is 5.72. The van der Waals surface area contributed by atoms with E-state index in [1.54, 1.807) is 18.2 Å². The number of hydrogen-bond donors (Lipinski definition) is 1. The van der Waals surface area contributed by atoms with Crippen molar-refractivity contribution in [1.29, 1.82) is 0 Å². The predicted molar refractivity (Wildman–Crippen MR) is 94.3 cm³/mol. The van der Waals surface area contributed by atoms with Crippen molar-refractivity contribution in [1.82, 2.24) is 5.32 Å². The topological polar surface area (TPSA) is 55.4 Å². The molecule has 0 fully saturated rings. The van der Waals surface area contributed by atoms with Gasteiger partial charge in [-0.2, -0.15) is 0 Å². The Morgan fingerprint density at radius 2 is 1.75 bits per heavy atom. The van der Waals surface area contributed by atoms with Crippen LogP contribution in [-0.2, 0) is 16.0 Å². The SMILES string of the molecule is COC(=O)[C@H](Cc1ccccc1Cl)NC(=O)c1cc(C)cc(C)c1. The lowest BCUT2D eigenvalue weighted by molar-refractivity contribution is -0.142.